The number of piperidine rings is 1. The molecule has 1 amide bonds. The van der Waals surface area contributed by atoms with E-state index < -0.39 is 6.10 Å². The molecule has 0 aliphatic carbocycles. The minimum absolute atomic E-state index is 0.0845. The Balaban J connectivity index is 1.24. The molecule has 2 heterocycles. The number of aliphatic hydroxyl groups excluding tert-OH is 1. The topological polar surface area (TPSA) is 117 Å². The molecule has 258 valence electrons. The van der Waals surface area contributed by atoms with Gasteiger partial charge in [0.15, 0.2) is 11.5 Å². The van der Waals surface area contributed by atoms with Gasteiger partial charge in [0.1, 0.15) is 29.1 Å². The van der Waals surface area contributed by atoms with Crippen LogP contribution in [0.1, 0.15) is 59.7 Å². The molecule has 0 bridgehead atoms. The van der Waals surface area contributed by atoms with Crippen LogP contribution < -0.4 is 33.7 Å². The van der Waals surface area contributed by atoms with Crippen molar-refractivity contribution >= 4 is 23.3 Å². The maximum absolute atomic E-state index is 12.6. The van der Waals surface area contributed by atoms with Gasteiger partial charge in [-0.25, -0.2) is 0 Å². The molecule has 0 aromatic heterocycles. The van der Waals surface area contributed by atoms with Crippen LogP contribution in [0.3, 0.4) is 0 Å². The van der Waals surface area contributed by atoms with Crippen LogP contribution in [0.5, 0.6) is 34.5 Å². The van der Waals surface area contributed by atoms with Gasteiger partial charge in [-0.05, 0) is 68.5 Å². The third-order valence-electron chi connectivity index (χ3n) is 8.58. The van der Waals surface area contributed by atoms with Crippen LogP contribution in [0.25, 0.3) is 5.76 Å². The zero-order valence-corrected chi connectivity index (χ0v) is 28.7. The fourth-order valence-corrected chi connectivity index (χ4v) is 6.13. The smallest absolute Gasteiger partial charge is 0.251 e. The van der Waals surface area contributed by atoms with Crippen LogP contribution in [-0.2, 0) is 4.84 Å². The maximum atomic E-state index is 12.6. The number of fused-ring (bicyclic) bond motifs is 1. The molecule has 0 spiro atoms. The van der Waals surface area contributed by atoms with Crippen molar-refractivity contribution in [3.05, 3.63) is 75.8 Å². The summed E-state index contributed by atoms with van der Waals surface area (Å²) in [5.74, 6) is 3.22. The molecule has 12 heteroatoms. The van der Waals surface area contributed by atoms with Gasteiger partial charge >= 0.3 is 0 Å². The van der Waals surface area contributed by atoms with Crippen molar-refractivity contribution in [1.82, 2.24) is 10.4 Å². The third-order valence-corrected chi connectivity index (χ3v) is 8.83. The van der Waals surface area contributed by atoms with Crippen LogP contribution in [0.15, 0.2) is 54.1 Å². The Labute approximate surface area is 286 Å². The number of nitrogens with zero attached hydrogens (tertiary/aromatic N) is 1. The van der Waals surface area contributed by atoms with E-state index in [0.29, 0.717) is 93.7 Å². The number of nitrogens with one attached hydrogen (secondary N) is 1. The van der Waals surface area contributed by atoms with E-state index in [1.54, 1.807) is 84.1 Å². The lowest BCUT2D eigenvalue weighted by Gasteiger charge is -2.31. The number of hydroxylamine groups is 2. The second-order valence-electron chi connectivity index (χ2n) is 11.5. The average Bonchev–Trinajstić information content (AvgIpc) is 3.11. The molecular formula is C36H43ClN2O9. The largest absolute Gasteiger partial charge is 0.496 e. The van der Waals surface area contributed by atoms with Crippen molar-refractivity contribution < 1.29 is 43.2 Å². The molecule has 1 fully saturated rings. The van der Waals surface area contributed by atoms with E-state index in [4.69, 9.17) is 44.9 Å². The van der Waals surface area contributed by atoms with E-state index in [1.807, 2.05) is 5.06 Å². The molecule has 48 heavy (non-hydrogen) atoms. The summed E-state index contributed by atoms with van der Waals surface area (Å²) in [5.41, 5.74) is 2.48. The lowest BCUT2D eigenvalue weighted by atomic mass is 9.90. The number of rotatable bonds is 14. The average molecular weight is 683 g/mol. The summed E-state index contributed by atoms with van der Waals surface area (Å²) in [4.78, 5) is 18.7. The maximum Gasteiger partial charge on any atom is 0.251 e. The molecule has 0 radical (unpaired) electrons. The van der Waals surface area contributed by atoms with E-state index in [9.17, 15) is 9.90 Å². The van der Waals surface area contributed by atoms with Crippen LogP contribution in [0.4, 0.5) is 0 Å². The fraction of sp³-hybridized carbons (Fsp3) is 0.417. The van der Waals surface area contributed by atoms with Gasteiger partial charge in [0, 0.05) is 53.0 Å². The molecule has 5 rings (SSSR count). The van der Waals surface area contributed by atoms with E-state index in [2.05, 4.69) is 5.32 Å². The van der Waals surface area contributed by atoms with E-state index in [0.717, 1.165) is 25.7 Å². The van der Waals surface area contributed by atoms with E-state index in [1.165, 1.54) is 0 Å². The van der Waals surface area contributed by atoms with Crippen molar-refractivity contribution in [3.8, 4) is 34.5 Å². The molecule has 11 nitrogen and oxygen atoms in total. The highest BCUT2D eigenvalue weighted by Gasteiger charge is 2.33. The normalized spacial score (nSPS) is 16.5. The van der Waals surface area contributed by atoms with Gasteiger partial charge in [-0.3, -0.25) is 9.63 Å². The van der Waals surface area contributed by atoms with Crippen molar-refractivity contribution in [2.45, 2.75) is 44.2 Å². The summed E-state index contributed by atoms with van der Waals surface area (Å²) < 4.78 is 34.3. The fourth-order valence-electron chi connectivity index (χ4n) is 6.01. The molecule has 3 aromatic carbocycles. The van der Waals surface area contributed by atoms with Crippen molar-refractivity contribution in [2.24, 2.45) is 0 Å². The minimum atomic E-state index is -0.994. The number of unbranched alkanes of at least 4 members (excludes halogenated alkanes) is 1. The first kappa shape index (κ1) is 35.2. The number of ether oxygens (including phenoxy) is 6. The standard InChI is InChI=1S/C36H43ClN2O9/c1-42-26-20-28(43-2)32-29(21-26)48-34(23-18-30(44-3)35(46-5)31(19-23)45-4)27(33(32)40)8-6-7-17-47-39-15-13-25(14-16-39)38-36(41)22-9-11-24(37)12-10-22/h9-12,18-21,25,33,40H,6-8,13-17H2,1-5H3,(H,38,41). The summed E-state index contributed by atoms with van der Waals surface area (Å²) in [7, 11) is 7.77. The summed E-state index contributed by atoms with van der Waals surface area (Å²) in [6, 6.07) is 14.0. The number of benzene rings is 3. The Morgan fingerprint density at radius 2 is 1.56 bits per heavy atom. The van der Waals surface area contributed by atoms with Gasteiger partial charge in [-0.1, -0.05) is 11.6 Å². The molecule has 1 atom stereocenters. The van der Waals surface area contributed by atoms with Crippen LogP contribution in [0.2, 0.25) is 5.02 Å². The first-order chi connectivity index (χ1) is 23.3. The lowest BCUT2D eigenvalue weighted by molar-refractivity contribution is -0.171. The number of amides is 1. The second-order valence-corrected chi connectivity index (χ2v) is 11.9. The predicted octanol–water partition coefficient (Wildman–Crippen LogP) is 6.22. The van der Waals surface area contributed by atoms with Crippen molar-refractivity contribution in [2.75, 3.05) is 55.2 Å². The lowest BCUT2D eigenvalue weighted by Crippen LogP contribution is -2.44. The highest BCUT2D eigenvalue weighted by Crippen LogP contribution is 2.50. The molecule has 2 N–H and O–H groups in total. The molecular weight excluding hydrogens is 640 g/mol. The SMILES string of the molecule is COc1cc(OC)c2c(c1)OC(c1cc(OC)c(OC)c(OC)c1)=C(CCCCON1CCC(NC(=O)c3ccc(Cl)cc3)CC1)C2O. The number of hydrogen-bond acceptors (Lipinski definition) is 10. The van der Waals surface area contributed by atoms with Gasteiger partial charge < -0.3 is 38.8 Å². The van der Waals surface area contributed by atoms with Gasteiger partial charge in [0.05, 0.1) is 47.7 Å². The van der Waals surface area contributed by atoms with Crippen LogP contribution in [-0.4, -0.2) is 77.4 Å². The first-order valence-corrected chi connectivity index (χ1v) is 16.3. The zero-order valence-electron chi connectivity index (χ0n) is 28.0. The molecule has 1 unspecified atom stereocenters. The summed E-state index contributed by atoms with van der Waals surface area (Å²) in [5, 5.41) is 17.5. The predicted molar refractivity (Wildman–Crippen MR) is 181 cm³/mol. The van der Waals surface area contributed by atoms with Gasteiger partial charge in [-0.15, -0.1) is 0 Å². The Morgan fingerprint density at radius 3 is 2.17 bits per heavy atom. The number of hydrogen-bond donors (Lipinski definition) is 2. The van der Waals surface area contributed by atoms with Gasteiger partial charge in [0.2, 0.25) is 5.75 Å². The highest BCUT2D eigenvalue weighted by molar-refractivity contribution is 6.30. The van der Waals surface area contributed by atoms with E-state index >= 15 is 0 Å². The zero-order chi connectivity index (χ0) is 34.2. The summed E-state index contributed by atoms with van der Waals surface area (Å²) in [6.07, 6.45) is 2.60. The molecule has 0 saturated carbocycles. The van der Waals surface area contributed by atoms with Gasteiger partial charge in [-0.2, -0.15) is 5.06 Å². The first-order valence-electron chi connectivity index (χ1n) is 15.9. The Bertz CT molecular complexity index is 1580. The summed E-state index contributed by atoms with van der Waals surface area (Å²) in [6.45, 7) is 1.95. The molecule has 2 aliphatic heterocycles. The van der Waals surface area contributed by atoms with Crippen molar-refractivity contribution in [1.29, 1.82) is 0 Å². The number of halogens is 1. The number of carbonyl (C=O) groups excluding carboxylic acids is 1. The quantitative estimate of drug-likeness (QED) is 0.190. The van der Waals surface area contributed by atoms with Gasteiger partial charge in [0.25, 0.3) is 5.91 Å². The third kappa shape index (κ3) is 7.92. The Hall–Kier alpha value is -4.16. The molecule has 1 saturated heterocycles. The molecule has 2 aliphatic rings. The van der Waals surface area contributed by atoms with Crippen molar-refractivity contribution in [3.63, 3.8) is 0 Å². The number of methoxy groups -OCH3 is 5. The van der Waals surface area contributed by atoms with Crippen LogP contribution >= 0.6 is 11.6 Å². The van der Waals surface area contributed by atoms with E-state index in [-0.39, 0.29) is 11.9 Å². The summed E-state index contributed by atoms with van der Waals surface area (Å²) >= 11 is 5.94. The Morgan fingerprint density at radius 1 is 0.896 bits per heavy atom. The number of carbonyl (C=O) groups is 1. The highest BCUT2D eigenvalue weighted by atomic mass is 35.5. The Kier molecular flexibility index (Phi) is 11.9. The second kappa shape index (κ2) is 16.3. The monoisotopic (exact) mass is 682 g/mol. The number of aliphatic hydroxyl groups is 1. The molecule has 3 aromatic rings. The minimum Gasteiger partial charge on any atom is -0.496 e. The van der Waals surface area contributed by atoms with Crippen LogP contribution in [0, 0.1) is 0 Å².